The normalized spacial score (nSPS) is 10.6. The summed E-state index contributed by atoms with van der Waals surface area (Å²) >= 11 is 3.47. The highest BCUT2D eigenvalue weighted by Gasteiger charge is 2.01. The molecule has 3 heteroatoms. The molecule has 0 radical (unpaired) electrons. The smallest absolute Gasteiger partial charge is 0.0593 e. The number of rotatable bonds is 3. The Bertz CT molecular complexity index is 492. The van der Waals surface area contributed by atoms with Crippen molar-refractivity contribution >= 4 is 27.3 Å². The van der Waals surface area contributed by atoms with Gasteiger partial charge in [-0.15, -0.1) is 0 Å². The molecule has 88 valence electrons. The molecule has 0 amide bonds. The van der Waals surface area contributed by atoms with E-state index >= 15 is 0 Å². The minimum absolute atomic E-state index is 0.566. The molecule has 0 aliphatic carbocycles. The monoisotopic (exact) mass is 290 g/mol. The number of anilines is 2. The third-order valence-corrected chi connectivity index (χ3v) is 3.26. The Hall–Kier alpha value is -1.35. The first kappa shape index (κ1) is 12.1. The van der Waals surface area contributed by atoms with Crippen LogP contribution < -0.4 is 5.32 Å². The molecule has 0 spiro atoms. The Morgan fingerprint density at radius 1 is 1.12 bits per heavy atom. The number of nitrogens with one attached hydrogen (secondary N) is 1. The molecule has 0 saturated carbocycles. The number of aromatic nitrogens is 1. The molecule has 0 aliphatic rings. The molecule has 0 atom stereocenters. The summed E-state index contributed by atoms with van der Waals surface area (Å²) < 4.78 is 0.966. The van der Waals surface area contributed by atoms with Gasteiger partial charge < -0.3 is 5.32 Å². The number of benzene rings is 1. The average molecular weight is 291 g/mol. The number of pyridine rings is 1. The van der Waals surface area contributed by atoms with Gasteiger partial charge in [-0.25, -0.2) is 0 Å². The van der Waals surface area contributed by atoms with Crippen molar-refractivity contribution < 1.29 is 0 Å². The van der Waals surface area contributed by atoms with Crippen molar-refractivity contribution in [2.75, 3.05) is 5.32 Å². The Morgan fingerprint density at radius 3 is 2.41 bits per heavy atom. The highest BCUT2D eigenvalue weighted by molar-refractivity contribution is 9.10. The van der Waals surface area contributed by atoms with Gasteiger partial charge in [0, 0.05) is 18.1 Å². The van der Waals surface area contributed by atoms with Crippen molar-refractivity contribution in [1.29, 1.82) is 0 Å². The highest BCUT2D eigenvalue weighted by atomic mass is 79.9. The van der Waals surface area contributed by atoms with Gasteiger partial charge in [0.2, 0.25) is 0 Å². The topological polar surface area (TPSA) is 24.9 Å². The molecule has 2 aromatic rings. The first-order valence-electron chi connectivity index (χ1n) is 5.63. The van der Waals surface area contributed by atoms with Gasteiger partial charge in [-0.1, -0.05) is 26.0 Å². The minimum Gasteiger partial charge on any atom is -0.355 e. The summed E-state index contributed by atoms with van der Waals surface area (Å²) in [5.74, 6) is 0.566. The van der Waals surface area contributed by atoms with E-state index in [-0.39, 0.29) is 0 Å². The maximum atomic E-state index is 4.04. The summed E-state index contributed by atoms with van der Waals surface area (Å²) in [6.45, 7) is 4.39. The predicted octanol–water partition coefficient (Wildman–Crippen LogP) is 4.71. The molecule has 1 heterocycles. The predicted molar refractivity (Wildman–Crippen MR) is 75.8 cm³/mol. The second kappa shape index (κ2) is 5.32. The van der Waals surface area contributed by atoms with E-state index in [1.165, 1.54) is 5.56 Å². The molecule has 1 aromatic heterocycles. The summed E-state index contributed by atoms with van der Waals surface area (Å²) in [5.41, 5.74) is 3.46. The summed E-state index contributed by atoms with van der Waals surface area (Å²) in [4.78, 5) is 4.04. The van der Waals surface area contributed by atoms with E-state index in [1.807, 2.05) is 6.07 Å². The SMILES string of the molecule is CC(C)c1ccc(Nc2ccncc2Br)cc1. The maximum absolute atomic E-state index is 4.04. The van der Waals surface area contributed by atoms with Gasteiger partial charge in [0.05, 0.1) is 10.2 Å². The van der Waals surface area contributed by atoms with Crippen LogP contribution in [0.25, 0.3) is 0 Å². The fraction of sp³-hybridized carbons (Fsp3) is 0.214. The summed E-state index contributed by atoms with van der Waals surface area (Å²) in [7, 11) is 0. The second-order valence-electron chi connectivity index (χ2n) is 4.26. The lowest BCUT2D eigenvalue weighted by Crippen LogP contribution is -1.93. The molecule has 0 fully saturated rings. The van der Waals surface area contributed by atoms with Crippen LogP contribution in [0.15, 0.2) is 47.2 Å². The zero-order valence-corrected chi connectivity index (χ0v) is 11.5. The van der Waals surface area contributed by atoms with Crippen LogP contribution in [-0.2, 0) is 0 Å². The van der Waals surface area contributed by atoms with Crippen molar-refractivity contribution in [3.05, 3.63) is 52.8 Å². The zero-order valence-electron chi connectivity index (χ0n) is 9.94. The fourth-order valence-electron chi connectivity index (χ4n) is 1.58. The van der Waals surface area contributed by atoms with Crippen LogP contribution in [0.2, 0.25) is 0 Å². The molecule has 2 nitrogen and oxygen atoms in total. The van der Waals surface area contributed by atoms with E-state index < -0.39 is 0 Å². The van der Waals surface area contributed by atoms with Gasteiger partial charge in [0.15, 0.2) is 0 Å². The van der Waals surface area contributed by atoms with Gasteiger partial charge in [-0.05, 0) is 45.6 Å². The standard InChI is InChI=1S/C14H15BrN2/c1-10(2)11-3-5-12(6-4-11)17-14-7-8-16-9-13(14)15/h3-10H,1-2H3,(H,16,17). The first-order valence-corrected chi connectivity index (χ1v) is 6.42. The van der Waals surface area contributed by atoms with Gasteiger partial charge in [0.25, 0.3) is 0 Å². The lowest BCUT2D eigenvalue weighted by atomic mass is 10.0. The van der Waals surface area contributed by atoms with Crippen LogP contribution >= 0.6 is 15.9 Å². The minimum atomic E-state index is 0.566. The molecule has 2 rings (SSSR count). The lowest BCUT2D eigenvalue weighted by Gasteiger charge is -2.10. The second-order valence-corrected chi connectivity index (χ2v) is 5.11. The van der Waals surface area contributed by atoms with Crippen LogP contribution in [0, 0.1) is 0 Å². The van der Waals surface area contributed by atoms with E-state index in [9.17, 15) is 0 Å². The van der Waals surface area contributed by atoms with E-state index in [0.29, 0.717) is 5.92 Å². The van der Waals surface area contributed by atoms with Crippen molar-refractivity contribution in [2.45, 2.75) is 19.8 Å². The van der Waals surface area contributed by atoms with E-state index in [1.54, 1.807) is 12.4 Å². The summed E-state index contributed by atoms with van der Waals surface area (Å²) in [5, 5.41) is 3.35. The lowest BCUT2D eigenvalue weighted by molar-refractivity contribution is 0.867. The molecule has 0 saturated heterocycles. The van der Waals surface area contributed by atoms with Crippen molar-refractivity contribution in [2.24, 2.45) is 0 Å². The van der Waals surface area contributed by atoms with Crippen LogP contribution in [0.4, 0.5) is 11.4 Å². The number of hydrogen-bond acceptors (Lipinski definition) is 2. The first-order chi connectivity index (χ1) is 8.16. The molecule has 17 heavy (non-hydrogen) atoms. The van der Waals surface area contributed by atoms with Crippen molar-refractivity contribution in [3.8, 4) is 0 Å². The Morgan fingerprint density at radius 2 is 1.82 bits per heavy atom. The quantitative estimate of drug-likeness (QED) is 0.885. The summed E-state index contributed by atoms with van der Waals surface area (Å²) in [6.07, 6.45) is 3.56. The van der Waals surface area contributed by atoms with E-state index in [0.717, 1.165) is 15.8 Å². The van der Waals surface area contributed by atoms with Gasteiger partial charge in [-0.3, -0.25) is 4.98 Å². The van der Waals surface area contributed by atoms with E-state index in [2.05, 4.69) is 64.3 Å². The molecule has 0 aliphatic heterocycles. The third-order valence-electron chi connectivity index (χ3n) is 2.63. The number of nitrogens with zero attached hydrogens (tertiary/aromatic N) is 1. The molecule has 0 unspecified atom stereocenters. The fourth-order valence-corrected chi connectivity index (χ4v) is 1.93. The largest absolute Gasteiger partial charge is 0.355 e. The number of hydrogen-bond donors (Lipinski definition) is 1. The zero-order chi connectivity index (χ0) is 12.3. The molecule has 0 bridgehead atoms. The Labute approximate surface area is 110 Å². The molecular formula is C14H15BrN2. The van der Waals surface area contributed by atoms with Crippen LogP contribution in [0.5, 0.6) is 0 Å². The summed E-state index contributed by atoms with van der Waals surface area (Å²) in [6, 6.07) is 10.5. The maximum Gasteiger partial charge on any atom is 0.0593 e. The van der Waals surface area contributed by atoms with E-state index in [4.69, 9.17) is 0 Å². The van der Waals surface area contributed by atoms with Gasteiger partial charge >= 0.3 is 0 Å². The van der Waals surface area contributed by atoms with Gasteiger partial charge in [-0.2, -0.15) is 0 Å². The van der Waals surface area contributed by atoms with Crippen LogP contribution in [-0.4, -0.2) is 4.98 Å². The molecule has 1 N–H and O–H groups in total. The van der Waals surface area contributed by atoms with Crippen LogP contribution in [0.1, 0.15) is 25.3 Å². The number of halogens is 1. The molecular weight excluding hydrogens is 276 g/mol. The van der Waals surface area contributed by atoms with Crippen molar-refractivity contribution in [1.82, 2.24) is 4.98 Å². The highest BCUT2D eigenvalue weighted by Crippen LogP contribution is 2.25. The van der Waals surface area contributed by atoms with Crippen molar-refractivity contribution in [3.63, 3.8) is 0 Å². The molecule has 1 aromatic carbocycles. The van der Waals surface area contributed by atoms with Gasteiger partial charge in [0.1, 0.15) is 0 Å². The third kappa shape index (κ3) is 3.07. The van der Waals surface area contributed by atoms with Crippen LogP contribution in [0.3, 0.4) is 0 Å². The Balaban J connectivity index is 2.17. The Kier molecular flexibility index (Phi) is 3.79. The average Bonchev–Trinajstić information content (AvgIpc) is 2.33.